The van der Waals surface area contributed by atoms with E-state index in [0.717, 1.165) is 12.1 Å². The molecule has 0 spiro atoms. The van der Waals surface area contributed by atoms with E-state index in [2.05, 4.69) is 10.6 Å². The zero-order valence-corrected chi connectivity index (χ0v) is 18.8. The molecule has 8 nitrogen and oxygen atoms in total. The topological polar surface area (TPSA) is 97.0 Å². The number of hydrogen-bond donors (Lipinski definition) is 2. The Morgan fingerprint density at radius 1 is 1.12 bits per heavy atom. The average molecular weight is 473 g/mol. The van der Waals surface area contributed by atoms with Crippen molar-refractivity contribution in [2.75, 3.05) is 26.0 Å². The third-order valence-electron chi connectivity index (χ3n) is 6.14. The number of carbonyl (C=O) groups excluding carboxylic acids is 3. The lowest BCUT2D eigenvalue weighted by molar-refractivity contribution is -0.133. The number of benzene rings is 2. The lowest BCUT2D eigenvalue weighted by Crippen LogP contribution is -2.53. The Kier molecular flexibility index (Phi) is 6.78. The molecule has 2 N–H and O–H groups in total. The van der Waals surface area contributed by atoms with Gasteiger partial charge in [-0.2, -0.15) is 0 Å². The Hall–Kier alpha value is -3.53. The molecule has 0 saturated carbocycles. The summed E-state index contributed by atoms with van der Waals surface area (Å²) in [5.74, 6) is -2.90. The van der Waals surface area contributed by atoms with Gasteiger partial charge in [-0.3, -0.25) is 14.4 Å². The van der Waals surface area contributed by atoms with Crippen LogP contribution >= 0.6 is 0 Å². The molecule has 4 rings (SSSR count). The summed E-state index contributed by atoms with van der Waals surface area (Å²) in [5.41, 5.74) is 0.511. The number of likely N-dealkylation sites (N-methyl/N-ethyl adjacent to an activating group) is 1. The van der Waals surface area contributed by atoms with Crippen LogP contribution in [0, 0.1) is 11.6 Å². The van der Waals surface area contributed by atoms with Gasteiger partial charge in [-0.15, -0.1) is 0 Å². The highest BCUT2D eigenvalue weighted by Gasteiger charge is 2.39. The van der Waals surface area contributed by atoms with Gasteiger partial charge in [0, 0.05) is 25.3 Å². The van der Waals surface area contributed by atoms with Crippen molar-refractivity contribution in [1.29, 1.82) is 0 Å². The molecule has 2 heterocycles. The number of halogens is 2. The molecule has 3 atom stereocenters. The van der Waals surface area contributed by atoms with Gasteiger partial charge in [-0.25, -0.2) is 8.78 Å². The van der Waals surface area contributed by atoms with Crippen LogP contribution < -0.4 is 15.4 Å². The fourth-order valence-electron chi connectivity index (χ4n) is 4.25. The van der Waals surface area contributed by atoms with E-state index in [1.165, 1.54) is 12.1 Å². The number of fused-ring (bicyclic) bond motifs is 2. The molecule has 1 saturated heterocycles. The number of rotatable bonds is 4. The van der Waals surface area contributed by atoms with Gasteiger partial charge in [0.05, 0.1) is 24.1 Å². The smallest absolute Gasteiger partial charge is 0.257 e. The monoisotopic (exact) mass is 473 g/mol. The molecule has 34 heavy (non-hydrogen) atoms. The molecular formula is C24H25F2N3O5. The molecule has 0 radical (unpaired) electrons. The van der Waals surface area contributed by atoms with Crippen LogP contribution in [0.4, 0.5) is 14.5 Å². The summed E-state index contributed by atoms with van der Waals surface area (Å²) in [6, 6.07) is 7.22. The van der Waals surface area contributed by atoms with Gasteiger partial charge in [0.2, 0.25) is 5.91 Å². The highest BCUT2D eigenvalue weighted by Crippen LogP contribution is 2.32. The van der Waals surface area contributed by atoms with E-state index in [4.69, 9.17) is 9.47 Å². The first-order valence-electron chi connectivity index (χ1n) is 10.9. The Bertz CT molecular complexity index is 1130. The SMILES string of the molecule is CNC(=O)C[C@H]1CC[C@H]2[C@@H](COc3ccc(NC(=O)c4ccc(F)c(F)c4)cc3C(=O)N2C)O1. The second kappa shape index (κ2) is 9.76. The molecule has 0 aliphatic carbocycles. The van der Waals surface area contributed by atoms with E-state index in [1.54, 1.807) is 31.1 Å². The molecule has 2 aromatic rings. The lowest BCUT2D eigenvalue weighted by atomic mass is 9.94. The van der Waals surface area contributed by atoms with E-state index in [0.29, 0.717) is 24.3 Å². The van der Waals surface area contributed by atoms with Gasteiger partial charge < -0.3 is 25.0 Å². The van der Waals surface area contributed by atoms with Crippen molar-refractivity contribution in [1.82, 2.24) is 10.2 Å². The van der Waals surface area contributed by atoms with Gasteiger partial charge >= 0.3 is 0 Å². The minimum absolute atomic E-state index is 0.0566. The summed E-state index contributed by atoms with van der Waals surface area (Å²) in [4.78, 5) is 39.0. The molecule has 0 aromatic heterocycles. The Balaban J connectivity index is 1.52. The number of nitrogens with zero attached hydrogens (tertiary/aromatic N) is 1. The average Bonchev–Trinajstić information content (AvgIpc) is 2.83. The van der Waals surface area contributed by atoms with Crippen molar-refractivity contribution >= 4 is 23.4 Å². The minimum Gasteiger partial charge on any atom is -0.490 e. The second-order valence-electron chi connectivity index (χ2n) is 8.34. The van der Waals surface area contributed by atoms with Crippen molar-refractivity contribution in [3.8, 4) is 5.75 Å². The standard InChI is InChI=1S/C24H25F2N3O5/c1-27-22(30)11-15-5-7-19-21(34-15)12-33-20-8-4-14(10-16(20)24(32)29(19)2)28-23(31)13-3-6-17(25)18(26)9-13/h3-4,6,8-10,15,19,21H,5,7,11-12H2,1-2H3,(H,27,30)(H,28,31)/t15-,19+,21-/m1/s1. The van der Waals surface area contributed by atoms with Gasteiger partial charge in [-0.05, 0) is 49.2 Å². The van der Waals surface area contributed by atoms with Gasteiger partial charge in [-0.1, -0.05) is 0 Å². The van der Waals surface area contributed by atoms with Gasteiger partial charge in [0.15, 0.2) is 11.6 Å². The first-order valence-corrected chi connectivity index (χ1v) is 10.9. The highest BCUT2D eigenvalue weighted by atomic mass is 19.2. The van der Waals surface area contributed by atoms with Crippen molar-refractivity contribution in [2.45, 2.75) is 37.5 Å². The largest absolute Gasteiger partial charge is 0.490 e. The summed E-state index contributed by atoms with van der Waals surface area (Å²) in [6.45, 7) is 0.195. The third-order valence-corrected chi connectivity index (χ3v) is 6.14. The van der Waals surface area contributed by atoms with Crippen LogP contribution in [0.25, 0.3) is 0 Å². The lowest BCUT2D eigenvalue weighted by Gasteiger charge is -2.42. The molecule has 1 fully saturated rings. The number of anilines is 1. The van der Waals surface area contributed by atoms with Gasteiger partial charge in [0.1, 0.15) is 18.5 Å². The van der Waals surface area contributed by atoms with Crippen molar-refractivity contribution in [3.05, 3.63) is 59.2 Å². The first kappa shape index (κ1) is 23.6. The van der Waals surface area contributed by atoms with E-state index in [9.17, 15) is 23.2 Å². The Morgan fingerprint density at radius 2 is 1.91 bits per heavy atom. The van der Waals surface area contributed by atoms with Crippen LogP contribution in [0.5, 0.6) is 5.75 Å². The van der Waals surface area contributed by atoms with Crippen LogP contribution in [0.2, 0.25) is 0 Å². The summed E-state index contributed by atoms with van der Waals surface area (Å²) < 4.78 is 38.6. The summed E-state index contributed by atoms with van der Waals surface area (Å²) in [5, 5.41) is 5.19. The molecular weight excluding hydrogens is 448 g/mol. The highest BCUT2D eigenvalue weighted by molar-refractivity contribution is 6.05. The predicted octanol–water partition coefficient (Wildman–Crippen LogP) is 2.73. The molecule has 2 aliphatic heterocycles. The molecule has 3 amide bonds. The van der Waals surface area contributed by atoms with Crippen LogP contribution in [-0.4, -0.2) is 61.6 Å². The molecule has 0 bridgehead atoms. The predicted molar refractivity (Wildman–Crippen MR) is 119 cm³/mol. The number of ether oxygens (including phenoxy) is 2. The van der Waals surface area contributed by atoms with Crippen LogP contribution in [0.3, 0.4) is 0 Å². The molecule has 10 heteroatoms. The number of nitrogens with one attached hydrogen (secondary N) is 2. The maximum atomic E-state index is 13.5. The van der Waals surface area contributed by atoms with E-state index < -0.39 is 23.6 Å². The Labute approximate surface area is 195 Å². The summed E-state index contributed by atoms with van der Waals surface area (Å²) in [7, 11) is 3.26. The second-order valence-corrected chi connectivity index (χ2v) is 8.34. The maximum Gasteiger partial charge on any atom is 0.257 e. The normalized spacial score (nSPS) is 21.9. The third kappa shape index (κ3) is 4.86. The van der Waals surface area contributed by atoms with Crippen LogP contribution in [-0.2, 0) is 9.53 Å². The molecule has 2 aliphatic rings. The van der Waals surface area contributed by atoms with E-state index >= 15 is 0 Å². The Morgan fingerprint density at radius 3 is 2.65 bits per heavy atom. The van der Waals surface area contributed by atoms with Crippen molar-refractivity contribution in [2.24, 2.45) is 0 Å². The molecule has 0 unspecified atom stereocenters. The van der Waals surface area contributed by atoms with Crippen molar-refractivity contribution in [3.63, 3.8) is 0 Å². The van der Waals surface area contributed by atoms with Crippen LogP contribution in [0.15, 0.2) is 36.4 Å². The first-order chi connectivity index (χ1) is 16.3. The fourth-order valence-corrected chi connectivity index (χ4v) is 4.25. The maximum absolute atomic E-state index is 13.5. The van der Waals surface area contributed by atoms with Crippen LogP contribution in [0.1, 0.15) is 40.0 Å². The van der Waals surface area contributed by atoms with E-state index in [-0.39, 0.29) is 48.1 Å². The van der Waals surface area contributed by atoms with Crippen molar-refractivity contribution < 1.29 is 32.6 Å². The summed E-state index contributed by atoms with van der Waals surface area (Å²) >= 11 is 0. The quantitative estimate of drug-likeness (QED) is 0.712. The minimum atomic E-state index is -1.13. The zero-order chi connectivity index (χ0) is 24.4. The number of amides is 3. The zero-order valence-electron chi connectivity index (χ0n) is 18.8. The molecule has 2 aromatic carbocycles. The molecule has 180 valence electrons. The fraction of sp³-hybridized carbons (Fsp3) is 0.375. The number of hydrogen-bond acceptors (Lipinski definition) is 5. The summed E-state index contributed by atoms with van der Waals surface area (Å²) in [6.07, 6.45) is 0.886. The van der Waals surface area contributed by atoms with E-state index in [1.807, 2.05) is 0 Å². The van der Waals surface area contributed by atoms with Gasteiger partial charge in [0.25, 0.3) is 11.8 Å². The number of carbonyl (C=O) groups is 3.